The highest BCUT2D eigenvalue weighted by Gasteiger charge is 2.27. The largest absolute Gasteiger partial charge is 0.352 e. The van der Waals surface area contributed by atoms with E-state index in [1.165, 1.54) is 18.6 Å². The molecule has 1 N–H and O–H groups in total. The van der Waals surface area contributed by atoms with Crippen molar-refractivity contribution in [1.29, 1.82) is 0 Å². The molecule has 1 heterocycles. The van der Waals surface area contributed by atoms with E-state index in [0.717, 1.165) is 11.1 Å². The molecule has 0 atom stereocenters. The van der Waals surface area contributed by atoms with Gasteiger partial charge in [0.2, 0.25) is 11.6 Å². The van der Waals surface area contributed by atoms with Gasteiger partial charge in [-0.2, -0.15) is 0 Å². The van der Waals surface area contributed by atoms with E-state index in [0.29, 0.717) is 5.69 Å². The van der Waals surface area contributed by atoms with Crippen molar-refractivity contribution in [3.63, 3.8) is 0 Å². The maximum absolute atomic E-state index is 12.5. The Kier molecular flexibility index (Phi) is 4.48. The van der Waals surface area contributed by atoms with Gasteiger partial charge in [0.15, 0.2) is 0 Å². The average molecular weight is 329 g/mol. The van der Waals surface area contributed by atoms with E-state index >= 15 is 0 Å². The molecule has 0 bridgehead atoms. The van der Waals surface area contributed by atoms with Gasteiger partial charge >= 0.3 is 0 Å². The molecule has 0 saturated heterocycles. The Labute approximate surface area is 145 Å². The molecule has 1 aliphatic carbocycles. The predicted octanol–water partition coefficient (Wildman–Crippen LogP) is 3.61. The Morgan fingerprint density at radius 3 is 2.56 bits per heavy atom. The van der Waals surface area contributed by atoms with Gasteiger partial charge in [0.1, 0.15) is 12.0 Å². The molecule has 25 heavy (non-hydrogen) atoms. The van der Waals surface area contributed by atoms with Gasteiger partial charge in [-0.25, -0.2) is 9.97 Å². The number of fused-ring (bicyclic) bond motifs is 1. The minimum Gasteiger partial charge on any atom is -0.352 e. The Morgan fingerprint density at radius 1 is 1.12 bits per heavy atom. The first-order valence-corrected chi connectivity index (χ1v) is 7.57. The van der Waals surface area contributed by atoms with Crippen LogP contribution in [-0.2, 0) is 0 Å². The number of anilines is 1. The van der Waals surface area contributed by atoms with Crippen LogP contribution in [0.2, 0.25) is 0 Å². The highest BCUT2D eigenvalue weighted by molar-refractivity contribution is 6.24. The van der Waals surface area contributed by atoms with Crippen LogP contribution in [0, 0.1) is 0 Å². The second-order valence-electron chi connectivity index (χ2n) is 5.30. The number of carbonyl (C=O) groups is 2. The van der Waals surface area contributed by atoms with Gasteiger partial charge in [-0.05, 0) is 23.3 Å². The van der Waals surface area contributed by atoms with Crippen molar-refractivity contribution in [3.8, 4) is 0 Å². The predicted molar refractivity (Wildman–Crippen MR) is 97.2 cm³/mol. The van der Waals surface area contributed by atoms with Crippen LogP contribution in [0.1, 0.15) is 26.4 Å². The molecule has 0 spiro atoms. The van der Waals surface area contributed by atoms with Gasteiger partial charge in [0.25, 0.3) is 0 Å². The van der Waals surface area contributed by atoms with Gasteiger partial charge < -0.3 is 5.32 Å². The van der Waals surface area contributed by atoms with Crippen LogP contribution in [0.25, 0.3) is 5.57 Å². The zero-order valence-corrected chi connectivity index (χ0v) is 13.4. The quantitative estimate of drug-likeness (QED) is 0.849. The summed E-state index contributed by atoms with van der Waals surface area (Å²) in [7, 11) is 0. The average Bonchev–Trinajstić information content (AvgIpc) is 2.65. The fraction of sp³-hybridized carbons (Fsp3) is 0. The van der Waals surface area contributed by atoms with Crippen LogP contribution in [0.15, 0.2) is 79.9 Å². The summed E-state index contributed by atoms with van der Waals surface area (Å²) in [5.41, 5.74) is 3.14. The van der Waals surface area contributed by atoms with E-state index in [4.69, 9.17) is 0 Å². The topological polar surface area (TPSA) is 72.0 Å². The third kappa shape index (κ3) is 3.21. The summed E-state index contributed by atoms with van der Waals surface area (Å²) in [6, 6.07) is 7.44. The fourth-order valence-electron chi connectivity index (χ4n) is 2.51. The maximum atomic E-state index is 12.5. The molecular formula is C20H15N3O2. The van der Waals surface area contributed by atoms with Crippen LogP contribution < -0.4 is 5.32 Å². The van der Waals surface area contributed by atoms with Gasteiger partial charge in [0.05, 0.1) is 11.3 Å². The van der Waals surface area contributed by atoms with Gasteiger partial charge in [-0.3, -0.25) is 9.59 Å². The lowest BCUT2D eigenvalue weighted by Gasteiger charge is -2.15. The summed E-state index contributed by atoms with van der Waals surface area (Å²) in [4.78, 5) is 32.3. The molecule has 0 unspecified atom stereocenters. The van der Waals surface area contributed by atoms with Crippen molar-refractivity contribution < 1.29 is 9.59 Å². The molecule has 0 fully saturated rings. The summed E-state index contributed by atoms with van der Waals surface area (Å²) in [6.45, 7) is 7.46. The van der Waals surface area contributed by atoms with Crippen molar-refractivity contribution in [1.82, 2.24) is 9.97 Å². The van der Waals surface area contributed by atoms with E-state index in [1.54, 1.807) is 12.2 Å². The summed E-state index contributed by atoms with van der Waals surface area (Å²) < 4.78 is 0. The number of carbonyl (C=O) groups excluding carboxylic acids is 2. The first-order valence-electron chi connectivity index (χ1n) is 7.57. The Bertz CT molecular complexity index is 938. The molecule has 1 aromatic heterocycles. The normalized spacial score (nSPS) is 13.8. The SMILES string of the molecule is C=C/C=C(\C=C)c1ccc(NC2=CC(=O)c3ncncc3C2=O)cc1. The van der Waals surface area contributed by atoms with Crippen LogP contribution in [0.3, 0.4) is 0 Å². The van der Waals surface area contributed by atoms with Crippen molar-refractivity contribution >= 4 is 22.8 Å². The number of hydrogen-bond donors (Lipinski definition) is 1. The molecule has 1 aliphatic rings. The van der Waals surface area contributed by atoms with Crippen LogP contribution >= 0.6 is 0 Å². The standard InChI is InChI=1S/C20H15N3O2/c1-3-5-13(4-2)14-6-8-15(9-7-14)23-17-10-18(24)19-16(20(17)25)11-21-12-22-19/h3-12,23H,1-2H2/b13-5+. The summed E-state index contributed by atoms with van der Waals surface area (Å²) in [6.07, 6.45) is 9.17. The number of allylic oxidation sites excluding steroid dienone is 6. The number of nitrogens with zero attached hydrogens (tertiary/aromatic N) is 2. The number of benzene rings is 1. The maximum Gasteiger partial charge on any atom is 0.213 e. The number of hydrogen-bond acceptors (Lipinski definition) is 5. The number of aromatic nitrogens is 2. The highest BCUT2D eigenvalue weighted by Crippen LogP contribution is 2.23. The highest BCUT2D eigenvalue weighted by atomic mass is 16.1. The minimum absolute atomic E-state index is 0.131. The summed E-state index contributed by atoms with van der Waals surface area (Å²) >= 11 is 0. The van der Waals surface area contributed by atoms with E-state index in [-0.39, 0.29) is 28.5 Å². The third-order valence-corrected chi connectivity index (χ3v) is 3.72. The van der Waals surface area contributed by atoms with Gasteiger partial charge in [0, 0.05) is 18.0 Å². The molecule has 122 valence electrons. The van der Waals surface area contributed by atoms with Gasteiger partial charge in [-0.1, -0.05) is 43.5 Å². The van der Waals surface area contributed by atoms with Gasteiger partial charge in [-0.15, -0.1) is 0 Å². The Morgan fingerprint density at radius 2 is 1.88 bits per heavy atom. The summed E-state index contributed by atoms with van der Waals surface area (Å²) in [5.74, 6) is -0.628. The zero-order chi connectivity index (χ0) is 17.8. The Hall–Kier alpha value is -3.60. The van der Waals surface area contributed by atoms with E-state index in [1.807, 2.05) is 30.3 Å². The molecule has 2 aromatic rings. The number of ketones is 2. The third-order valence-electron chi connectivity index (χ3n) is 3.72. The van der Waals surface area contributed by atoms with Crippen LogP contribution in [0.5, 0.6) is 0 Å². The zero-order valence-electron chi connectivity index (χ0n) is 13.4. The molecule has 0 aliphatic heterocycles. The molecule has 3 rings (SSSR count). The second-order valence-corrected chi connectivity index (χ2v) is 5.30. The lowest BCUT2D eigenvalue weighted by Crippen LogP contribution is -2.22. The molecule has 0 amide bonds. The van der Waals surface area contributed by atoms with Crippen molar-refractivity contribution in [2.45, 2.75) is 0 Å². The number of Topliss-reactive ketones (excluding diaryl/α,β-unsaturated/α-hetero) is 1. The van der Waals surface area contributed by atoms with Crippen molar-refractivity contribution in [2.75, 3.05) is 5.32 Å². The lowest BCUT2D eigenvalue weighted by atomic mass is 9.98. The van der Waals surface area contributed by atoms with E-state index in [2.05, 4.69) is 28.4 Å². The first kappa shape index (κ1) is 16.3. The lowest BCUT2D eigenvalue weighted by molar-refractivity contribution is 0.0981. The molecule has 0 radical (unpaired) electrons. The van der Waals surface area contributed by atoms with Crippen LogP contribution in [-0.4, -0.2) is 21.5 Å². The first-order chi connectivity index (χ1) is 12.1. The number of nitrogens with one attached hydrogen (secondary N) is 1. The second kappa shape index (κ2) is 6.88. The van der Waals surface area contributed by atoms with E-state index in [9.17, 15) is 9.59 Å². The van der Waals surface area contributed by atoms with Crippen molar-refractivity contribution in [3.05, 3.63) is 96.8 Å². The van der Waals surface area contributed by atoms with Crippen LogP contribution in [0.4, 0.5) is 5.69 Å². The number of rotatable bonds is 5. The fourth-order valence-corrected chi connectivity index (χ4v) is 2.51. The molecule has 5 nitrogen and oxygen atoms in total. The molecule has 1 aromatic carbocycles. The Balaban J connectivity index is 1.85. The smallest absolute Gasteiger partial charge is 0.213 e. The van der Waals surface area contributed by atoms with E-state index < -0.39 is 0 Å². The molecular weight excluding hydrogens is 314 g/mol. The monoisotopic (exact) mass is 329 g/mol. The molecule has 5 heteroatoms. The molecule has 0 saturated carbocycles. The van der Waals surface area contributed by atoms with Crippen molar-refractivity contribution in [2.24, 2.45) is 0 Å². The summed E-state index contributed by atoms with van der Waals surface area (Å²) in [5, 5.41) is 2.99. The minimum atomic E-state index is -0.320.